The number of hydrogen-bond donors (Lipinski definition) is 3. The number of morpholine rings is 1. The lowest BCUT2D eigenvalue weighted by molar-refractivity contribution is -0.140. The molecule has 1 aliphatic rings. The maximum Gasteiger partial charge on any atom is 0.307 e. The van der Waals surface area contributed by atoms with Crippen LogP contribution in [0.5, 0.6) is 0 Å². The second-order valence-electron chi connectivity index (χ2n) is 5.23. The van der Waals surface area contributed by atoms with Crippen molar-refractivity contribution in [1.29, 1.82) is 0 Å². The third-order valence-corrected chi connectivity index (χ3v) is 3.50. The van der Waals surface area contributed by atoms with Crippen molar-refractivity contribution >= 4 is 35.9 Å². The Morgan fingerprint density at radius 2 is 2.00 bits per heavy atom. The maximum absolute atomic E-state index is 12.0. The molecule has 9 heteroatoms. The first kappa shape index (κ1) is 20.9. The highest BCUT2D eigenvalue weighted by molar-refractivity contribution is 5.97. The van der Waals surface area contributed by atoms with Gasteiger partial charge in [-0.15, -0.1) is 12.4 Å². The summed E-state index contributed by atoms with van der Waals surface area (Å²) in [5.41, 5.74) is 1.04. The maximum atomic E-state index is 12.0. The summed E-state index contributed by atoms with van der Waals surface area (Å²) in [4.78, 5) is 34.9. The van der Waals surface area contributed by atoms with Crippen LogP contribution in [-0.2, 0) is 19.1 Å². The fourth-order valence-corrected chi connectivity index (χ4v) is 2.15. The lowest BCUT2D eigenvalue weighted by Gasteiger charge is -2.22. The Hall–Kier alpha value is -2.16. The quantitative estimate of drug-likeness (QED) is 0.622. The van der Waals surface area contributed by atoms with Crippen LogP contribution in [-0.4, -0.2) is 57.2 Å². The van der Waals surface area contributed by atoms with Crippen LogP contribution in [0.3, 0.4) is 0 Å². The van der Waals surface area contributed by atoms with Crippen LogP contribution in [0.2, 0.25) is 0 Å². The number of benzene rings is 1. The van der Waals surface area contributed by atoms with Crippen molar-refractivity contribution in [3.63, 3.8) is 0 Å². The number of carbonyl (C=O) groups excluding carboxylic acids is 3. The molecule has 0 spiro atoms. The molecule has 8 nitrogen and oxygen atoms in total. The summed E-state index contributed by atoms with van der Waals surface area (Å²) < 4.78 is 9.74. The van der Waals surface area contributed by atoms with E-state index in [0.717, 1.165) is 0 Å². The molecule has 1 heterocycles. The van der Waals surface area contributed by atoms with Gasteiger partial charge in [0.25, 0.3) is 5.91 Å². The topological polar surface area (TPSA) is 106 Å². The molecule has 1 aromatic carbocycles. The summed E-state index contributed by atoms with van der Waals surface area (Å²) in [6, 6.07) is 6.13. The van der Waals surface area contributed by atoms with Gasteiger partial charge in [-0.25, -0.2) is 0 Å². The number of amides is 2. The van der Waals surface area contributed by atoms with E-state index in [1.165, 1.54) is 7.11 Å². The minimum atomic E-state index is -0.381. The van der Waals surface area contributed by atoms with Crippen molar-refractivity contribution < 1.29 is 23.9 Å². The van der Waals surface area contributed by atoms with Gasteiger partial charge in [0.15, 0.2) is 0 Å². The van der Waals surface area contributed by atoms with Gasteiger partial charge in [-0.3, -0.25) is 14.4 Å². The number of methoxy groups -OCH3 is 1. The van der Waals surface area contributed by atoms with E-state index < -0.39 is 0 Å². The summed E-state index contributed by atoms with van der Waals surface area (Å²) in [5, 5.41) is 8.46. The summed E-state index contributed by atoms with van der Waals surface area (Å²) in [6.07, 6.45) is 0.118. The molecule has 0 aliphatic carbocycles. The second-order valence-corrected chi connectivity index (χ2v) is 5.23. The lowest BCUT2D eigenvalue weighted by Crippen LogP contribution is -2.48. The first-order valence-electron chi connectivity index (χ1n) is 7.67. The zero-order chi connectivity index (χ0) is 17.4. The van der Waals surface area contributed by atoms with E-state index in [2.05, 4.69) is 20.7 Å². The highest BCUT2D eigenvalue weighted by Gasteiger charge is 2.21. The molecule has 1 fully saturated rings. The first-order valence-corrected chi connectivity index (χ1v) is 7.67. The van der Waals surface area contributed by atoms with Crippen molar-refractivity contribution in [3.8, 4) is 0 Å². The summed E-state index contributed by atoms with van der Waals surface area (Å²) >= 11 is 0. The van der Waals surface area contributed by atoms with Crippen molar-refractivity contribution in [3.05, 3.63) is 29.8 Å². The van der Waals surface area contributed by atoms with E-state index in [0.29, 0.717) is 31.0 Å². The molecule has 1 aromatic rings. The zero-order valence-corrected chi connectivity index (χ0v) is 14.7. The van der Waals surface area contributed by atoms with Gasteiger partial charge in [-0.1, -0.05) is 0 Å². The Bertz CT molecular complexity index is 588. The molecule has 0 saturated carbocycles. The number of ether oxygens (including phenoxy) is 2. The Labute approximate surface area is 152 Å². The van der Waals surface area contributed by atoms with Crippen LogP contribution in [0.1, 0.15) is 16.8 Å². The third kappa shape index (κ3) is 6.69. The van der Waals surface area contributed by atoms with Gasteiger partial charge in [0, 0.05) is 24.3 Å². The number of hydrogen-bond acceptors (Lipinski definition) is 6. The van der Waals surface area contributed by atoms with Crippen molar-refractivity contribution in [1.82, 2.24) is 10.6 Å². The van der Waals surface area contributed by atoms with Gasteiger partial charge < -0.3 is 25.4 Å². The third-order valence-electron chi connectivity index (χ3n) is 3.50. The van der Waals surface area contributed by atoms with E-state index in [1.54, 1.807) is 24.3 Å². The highest BCUT2D eigenvalue weighted by Crippen LogP contribution is 2.10. The second kappa shape index (κ2) is 10.7. The number of carbonyl (C=O) groups is 3. The van der Waals surface area contributed by atoms with E-state index in [-0.39, 0.29) is 49.2 Å². The van der Waals surface area contributed by atoms with Crippen molar-refractivity contribution in [2.75, 3.05) is 38.7 Å². The lowest BCUT2D eigenvalue weighted by atomic mass is 10.2. The minimum Gasteiger partial charge on any atom is -0.469 e. The van der Waals surface area contributed by atoms with E-state index in [4.69, 9.17) is 4.74 Å². The SMILES string of the molecule is COC(=O)CCNC(=O)c1ccc(NC(=O)C2COCCN2)cc1.Cl. The normalized spacial score (nSPS) is 16.3. The number of halogens is 1. The van der Waals surface area contributed by atoms with Crippen molar-refractivity contribution in [2.24, 2.45) is 0 Å². The zero-order valence-electron chi connectivity index (χ0n) is 13.9. The molecular formula is C16H22ClN3O5. The Kier molecular flexibility index (Phi) is 8.90. The van der Waals surface area contributed by atoms with Crippen LogP contribution in [0, 0.1) is 0 Å². The molecule has 3 N–H and O–H groups in total. The molecule has 1 saturated heterocycles. The van der Waals surface area contributed by atoms with Gasteiger partial charge in [-0.2, -0.15) is 0 Å². The molecule has 0 aromatic heterocycles. The molecule has 0 radical (unpaired) electrons. The molecule has 2 rings (SSSR count). The summed E-state index contributed by atoms with van der Waals surface area (Å²) in [5.74, 6) is -0.849. The molecule has 2 amide bonds. The fraction of sp³-hybridized carbons (Fsp3) is 0.438. The highest BCUT2D eigenvalue weighted by atomic mass is 35.5. The Morgan fingerprint density at radius 3 is 2.60 bits per heavy atom. The monoisotopic (exact) mass is 371 g/mol. The van der Waals surface area contributed by atoms with Gasteiger partial charge in [0.2, 0.25) is 5.91 Å². The van der Waals surface area contributed by atoms with Crippen LogP contribution < -0.4 is 16.0 Å². The number of esters is 1. The van der Waals surface area contributed by atoms with Crippen LogP contribution in [0.25, 0.3) is 0 Å². The molecule has 25 heavy (non-hydrogen) atoms. The van der Waals surface area contributed by atoms with Crippen LogP contribution in [0.4, 0.5) is 5.69 Å². The smallest absolute Gasteiger partial charge is 0.307 e. The van der Waals surface area contributed by atoms with E-state index in [1.807, 2.05) is 0 Å². The summed E-state index contributed by atoms with van der Waals surface area (Å²) in [7, 11) is 1.30. The molecule has 1 unspecified atom stereocenters. The van der Waals surface area contributed by atoms with E-state index >= 15 is 0 Å². The predicted molar refractivity (Wildman–Crippen MR) is 93.9 cm³/mol. The summed E-state index contributed by atoms with van der Waals surface area (Å²) in [6.45, 7) is 1.79. The molecular weight excluding hydrogens is 350 g/mol. The molecule has 0 bridgehead atoms. The molecule has 1 atom stereocenters. The van der Waals surface area contributed by atoms with Gasteiger partial charge in [0.1, 0.15) is 6.04 Å². The van der Waals surface area contributed by atoms with Crippen molar-refractivity contribution in [2.45, 2.75) is 12.5 Å². The van der Waals surface area contributed by atoms with Gasteiger partial charge in [0.05, 0.1) is 26.7 Å². The number of anilines is 1. The van der Waals surface area contributed by atoms with Crippen LogP contribution >= 0.6 is 12.4 Å². The standard InChI is InChI=1S/C16H21N3O5.ClH/c1-23-14(20)6-7-18-15(21)11-2-4-12(5-3-11)19-16(22)13-10-24-9-8-17-13;/h2-5,13,17H,6-10H2,1H3,(H,18,21)(H,19,22);1H. The Morgan fingerprint density at radius 1 is 1.28 bits per heavy atom. The molecule has 138 valence electrons. The van der Waals surface area contributed by atoms with E-state index in [9.17, 15) is 14.4 Å². The predicted octanol–water partition coefficient (Wildman–Crippen LogP) is 0.328. The van der Waals surface area contributed by atoms with Gasteiger partial charge in [-0.05, 0) is 24.3 Å². The largest absolute Gasteiger partial charge is 0.469 e. The van der Waals surface area contributed by atoms with Gasteiger partial charge >= 0.3 is 5.97 Å². The average Bonchev–Trinajstić information content (AvgIpc) is 2.62. The first-order chi connectivity index (χ1) is 11.6. The molecule has 1 aliphatic heterocycles. The fourth-order valence-electron chi connectivity index (χ4n) is 2.15. The number of rotatable bonds is 6. The van der Waals surface area contributed by atoms with Crippen LogP contribution in [0.15, 0.2) is 24.3 Å². The average molecular weight is 372 g/mol. The number of nitrogens with one attached hydrogen (secondary N) is 3. The Balaban J connectivity index is 0.00000312. The minimum absolute atomic E-state index is 0.